The number of carbonyl (C=O) groups excluding carboxylic acids is 1. The Morgan fingerprint density at radius 1 is 1.42 bits per heavy atom. The second kappa shape index (κ2) is 4.53. The highest BCUT2D eigenvalue weighted by atomic mass is 16.5. The fourth-order valence-corrected chi connectivity index (χ4v) is 3.42. The van der Waals surface area contributed by atoms with E-state index in [2.05, 4.69) is 37.1 Å². The summed E-state index contributed by atoms with van der Waals surface area (Å²) >= 11 is 0. The normalized spacial score (nSPS) is 25.9. The van der Waals surface area contributed by atoms with Gasteiger partial charge in [-0.1, -0.05) is 17.7 Å². The minimum atomic E-state index is -0.234. The van der Waals surface area contributed by atoms with E-state index in [0.29, 0.717) is 5.92 Å². The van der Waals surface area contributed by atoms with Gasteiger partial charge in [0.15, 0.2) is 0 Å². The molecule has 0 aliphatic carbocycles. The van der Waals surface area contributed by atoms with Crippen LogP contribution < -0.4 is 4.90 Å². The lowest BCUT2D eigenvalue weighted by Gasteiger charge is -2.35. The molecule has 19 heavy (non-hydrogen) atoms. The third-order valence-electron chi connectivity index (χ3n) is 4.32. The molecule has 4 nitrogen and oxygen atoms in total. The molecule has 4 heteroatoms. The highest BCUT2D eigenvalue weighted by Crippen LogP contribution is 2.45. The van der Waals surface area contributed by atoms with Crippen molar-refractivity contribution in [2.24, 2.45) is 0 Å². The number of ether oxygens (including phenoxy) is 1. The van der Waals surface area contributed by atoms with Gasteiger partial charge < -0.3 is 9.64 Å². The molecule has 0 saturated carbocycles. The monoisotopic (exact) mass is 260 g/mol. The number of methoxy groups -OCH3 is 1. The van der Waals surface area contributed by atoms with E-state index in [1.807, 2.05) is 4.90 Å². The van der Waals surface area contributed by atoms with Crippen LogP contribution in [0.1, 0.15) is 23.5 Å². The zero-order valence-electron chi connectivity index (χ0n) is 11.7. The molecule has 2 heterocycles. The van der Waals surface area contributed by atoms with E-state index in [1.165, 1.54) is 18.2 Å². The van der Waals surface area contributed by atoms with Crippen molar-refractivity contribution < 1.29 is 9.53 Å². The average Bonchev–Trinajstić information content (AvgIpc) is 2.71. The summed E-state index contributed by atoms with van der Waals surface area (Å²) in [6, 6.07) is 6.59. The van der Waals surface area contributed by atoms with Gasteiger partial charge in [0, 0.05) is 18.5 Å². The van der Waals surface area contributed by atoms with Crippen LogP contribution in [0.2, 0.25) is 0 Å². The first-order valence-corrected chi connectivity index (χ1v) is 6.78. The Labute approximate surface area is 113 Å². The zero-order chi connectivity index (χ0) is 13.6. The number of piperidine rings is 1. The minimum absolute atomic E-state index is 0.234. The Hall–Kier alpha value is -1.55. The van der Waals surface area contributed by atoms with Crippen LogP contribution >= 0.6 is 0 Å². The van der Waals surface area contributed by atoms with Crippen LogP contribution in [0, 0.1) is 6.92 Å². The molecule has 102 valence electrons. The van der Waals surface area contributed by atoms with E-state index in [0.717, 1.165) is 25.2 Å². The van der Waals surface area contributed by atoms with Crippen LogP contribution in [0.25, 0.3) is 0 Å². The van der Waals surface area contributed by atoms with Crippen LogP contribution in [0.5, 0.6) is 0 Å². The molecule has 0 aromatic heterocycles. The van der Waals surface area contributed by atoms with Crippen molar-refractivity contribution in [3.63, 3.8) is 0 Å². The molecule has 3 rings (SSSR count). The quantitative estimate of drug-likeness (QED) is 0.718. The van der Waals surface area contributed by atoms with Crippen LogP contribution in [0.15, 0.2) is 18.2 Å². The second-order valence-corrected chi connectivity index (χ2v) is 5.63. The number of likely N-dealkylation sites (N-methyl/N-ethyl adjacent to an activating group) is 1. The number of benzene rings is 1. The molecule has 2 atom stereocenters. The number of aryl methyl sites for hydroxylation is 1. The molecule has 0 bridgehead atoms. The lowest BCUT2D eigenvalue weighted by atomic mass is 9.89. The maximum absolute atomic E-state index is 12.1. The maximum atomic E-state index is 12.1. The Balaban J connectivity index is 2.06. The summed E-state index contributed by atoms with van der Waals surface area (Å²) in [6.07, 6.45) is 0.770. The molecule has 0 unspecified atom stereocenters. The van der Waals surface area contributed by atoms with Gasteiger partial charge in [-0.2, -0.15) is 0 Å². The average molecular weight is 260 g/mol. The predicted molar refractivity (Wildman–Crippen MR) is 74.7 cm³/mol. The van der Waals surface area contributed by atoms with E-state index in [1.54, 1.807) is 0 Å². The molecule has 1 fully saturated rings. The summed E-state index contributed by atoms with van der Waals surface area (Å²) in [5, 5.41) is 0. The standard InChI is InChI=1S/C15H20N2O2/c1-10-4-5-13-11(8-10)12-9-16(2)7-6-14(12)17(13)15(18)19-3/h4-5,8,12,14H,6-7,9H2,1-3H3/t12-,14-/m0/s1. The van der Waals surface area contributed by atoms with Gasteiger partial charge in [-0.05, 0) is 38.6 Å². The summed E-state index contributed by atoms with van der Waals surface area (Å²) in [6.45, 7) is 4.14. The molecular formula is C15H20N2O2. The second-order valence-electron chi connectivity index (χ2n) is 5.63. The Bertz CT molecular complexity index is 515. The molecule has 1 saturated heterocycles. The first kappa shape index (κ1) is 12.5. The van der Waals surface area contributed by atoms with Crippen LogP contribution in [0.4, 0.5) is 10.5 Å². The molecule has 0 spiro atoms. The van der Waals surface area contributed by atoms with Crippen molar-refractivity contribution in [1.29, 1.82) is 0 Å². The molecule has 0 radical (unpaired) electrons. The summed E-state index contributed by atoms with van der Waals surface area (Å²) in [5.41, 5.74) is 3.57. The van der Waals surface area contributed by atoms with E-state index in [4.69, 9.17) is 4.74 Å². The molecule has 1 amide bonds. The molecule has 0 N–H and O–H groups in total. The Morgan fingerprint density at radius 2 is 2.21 bits per heavy atom. The third kappa shape index (κ3) is 1.91. The first-order valence-electron chi connectivity index (χ1n) is 6.78. The lowest BCUT2D eigenvalue weighted by Crippen LogP contribution is -2.47. The largest absolute Gasteiger partial charge is 0.452 e. The third-order valence-corrected chi connectivity index (χ3v) is 4.32. The van der Waals surface area contributed by atoms with Crippen molar-refractivity contribution in [1.82, 2.24) is 4.90 Å². The summed E-state index contributed by atoms with van der Waals surface area (Å²) < 4.78 is 4.97. The lowest BCUT2D eigenvalue weighted by molar-refractivity contribution is 0.168. The van der Waals surface area contributed by atoms with Crippen molar-refractivity contribution in [3.05, 3.63) is 29.3 Å². The van der Waals surface area contributed by atoms with Crippen LogP contribution in [-0.4, -0.2) is 44.3 Å². The predicted octanol–water partition coefficient (Wildman–Crippen LogP) is 2.37. The van der Waals surface area contributed by atoms with Gasteiger partial charge in [0.2, 0.25) is 0 Å². The van der Waals surface area contributed by atoms with Crippen molar-refractivity contribution in [3.8, 4) is 0 Å². The number of carbonyl (C=O) groups is 1. The smallest absolute Gasteiger partial charge is 0.414 e. The summed E-state index contributed by atoms with van der Waals surface area (Å²) in [5.74, 6) is 0.410. The van der Waals surface area contributed by atoms with E-state index >= 15 is 0 Å². The maximum Gasteiger partial charge on any atom is 0.414 e. The zero-order valence-corrected chi connectivity index (χ0v) is 11.7. The van der Waals surface area contributed by atoms with Crippen LogP contribution in [-0.2, 0) is 4.74 Å². The highest BCUT2D eigenvalue weighted by molar-refractivity contribution is 5.92. The number of likely N-dealkylation sites (tertiary alicyclic amines) is 1. The van der Waals surface area contributed by atoms with Gasteiger partial charge in [0.05, 0.1) is 12.8 Å². The van der Waals surface area contributed by atoms with Gasteiger partial charge >= 0.3 is 6.09 Å². The summed E-state index contributed by atoms with van der Waals surface area (Å²) in [7, 11) is 3.60. The first-order chi connectivity index (χ1) is 9.11. The van der Waals surface area contributed by atoms with Crippen molar-refractivity contribution >= 4 is 11.8 Å². The van der Waals surface area contributed by atoms with Gasteiger partial charge in [-0.15, -0.1) is 0 Å². The van der Waals surface area contributed by atoms with E-state index in [9.17, 15) is 4.79 Å². The summed E-state index contributed by atoms with van der Waals surface area (Å²) in [4.78, 5) is 16.3. The van der Waals surface area contributed by atoms with Crippen molar-refractivity contribution in [2.45, 2.75) is 25.3 Å². The Morgan fingerprint density at radius 3 is 2.95 bits per heavy atom. The van der Waals surface area contributed by atoms with Crippen molar-refractivity contribution in [2.75, 3.05) is 32.1 Å². The molecule has 2 aliphatic rings. The fourth-order valence-electron chi connectivity index (χ4n) is 3.42. The topological polar surface area (TPSA) is 32.8 Å². The number of nitrogens with zero attached hydrogens (tertiary/aromatic N) is 2. The Kier molecular flexibility index (Phi) is 2.97. The van der Waals surface area contributed by atoms with Gasteiger partial charge in [0.1, 0.15) is 0 Å². The van der Waals surface area contributed by atoms with E-state index in [-0.39, 0.29) is 12.1 Å². The molecule has 1 aromatic carbocycles. The molecular weight excluding hydrogens is 240 g/mol. The fraction of sp³-hybridized carbons (Fsp3) is 0.533. The molecule has 1 aromatic rings. The SMILES string of the molecule is COC(=O)N1c2ccc(C)cc2[C@@H]2CN(C)CC[C@@H]21. The van der Waals surface area contributed by atoms with Gasteiger partial charge in [0.25, 0.3) is 0 Å². The number of fused-ring (bicyclic) bond motifs is 3. The van der Waals surface area contributed by atoms with Crippen LogP contribution in [0.3, 0.4) is 0 Å². The molecule has 2 aliphatic heterocycles. The number of hydrogen-bond donors (Lipinski definition) is 0. The number of anilines is 1. The number of rotatable bonds is 0. The minimum Gasteiger partial charge on any atom is -0.452 e. The van der Waals surface area contributed by atoms with Gasteiger partial charge in [-0.3, -0.25) is 4.90 Å². The number of amides is 1. The van der Waals surface area contributed by atoms with Gasteiger partial charge in [-0.25, -0.2) is 4.79 Å². The number of hydrogen-bond acceptors (Lipinski definition) is 3. The highest BCUT2D eigenvalue weighted by Gasteiger charge is 2.44. The van der Waals surface area contributed by atoms with E-state index < -0.39 is 0 Å².